The molecule has 1 amide bonds. The summed E-state index contributed by atoms with van der Waals surface area (Å²) >= 11 is 0. The van der Waals surface area contributed by atoms with Crippen LogP contribution in [0, 0.1) is 10.1 Å². The fourth-order valence-electron chi connectivity index (χ4n) is 2.08. The molecule has 2 rings (SSSR count). The van der Waals surface area contributed by atoms with Crippen LogP contribution in [0.2, 0.25) is 0 Å². The third kappa shape index (κ3) is 5.45. The number of aromatic nitrogens is 1. The number of carbonyl (C=O) groups is 1. The Morgan fingerprint density at radius 1 is 1.24 bits per heavy atom. The summed E-state index contributed by atoms with van der Waals surface area (Å²) in [4.78, 5) is 26.6. The van der Waals surface area contributed by atoms with Crippen molar-refractivity contribution >= 4 is 17.3 Å². The quantitative estimate of drug-likeness (QED) is 0.433. The van der Waals surface area contributed by atoms with Crippen LogP contribution >= 0.6 is 0 Å². The van der Waals surface area contributed by atoms with Gasteiger partial charge >= 0.3 is 0 Å². The maximum absolute atomic E-state index is 12.0. The molecule has 0 spiro atoms. The first-order chi connectivity index (χ1) is 12.0. The van der Waals surface area contributed by atoms with E-state index in [1.54, 1.807) is 30.3 Å². The van der Waals surface area contributed by atoms with E-state index in [9.17, 15) is 14.9 Å². The number of hydrogen-bond donors (Lipinski definition) is 2. The molecule has 0 saturated heterocycles. The third-order valence-corrected chi connectivity index (χ3v) is 3.18. The number of amides is 1. The highest BCUT2D eigenvalue weighted by Gasteiger charge is 2.11. The second-order valence-electron chi connectivity index (χ2n) is 5.51. The minimum Gasteiger partial charge on any atom is -0.475 e. The Morgan fingerprint density at radius 2 is 2.00 bits per heavy atom. The van der Waals surface area contributed by atoms with Crippen LogP contribution in [0.3, 0.4) is 0 Å². The molecule has 0 atom stereocenters. The van der Waals surface area contributed by atoms with E-state index in [4.69, 9.17) is 4.74 Å². The molecule has 132 valence electrons. The summed E-state index contributed by atoms with van der Waals surface area (Å²) in [5, 5.41) is 16.6. The maximum Gasteiger partial charge on any atom is 0.292 e. The molecule has 25 heavy (non-hydrogen) atoms. The van der Waals surface area contributed by atoms with Crippen LogP contribution in [0.1, 0.15) is 24.2 Å². The lowest BCUT2D eigenvalue weighted by atomic mass is 10.2. The first-order valence-electron chi connectivity index (χ1n) is 7.85. The van der Waals surface area contributed by atoms with Crippen LogP contribution in [-0.4, -0.2) is 35.0 Å². The molecule has 0 saturated carbocycles. The van der Waals surface area contributed by atoms with E-state index in [-0.39, 0.29) is 17.7 Å². The van der Waals surface area contributed by atoms with Crippen LogP contribution in [-0.2, 0) is 0 Å². The van der Waals surface area contributed by atoms with E-state index in [1.807, 2.05) is 13.8 Å². The highest BCUT2D eigenvalue weighted by atomic mass is 16.6. The average molecular weight is 344 g/mol. The van der Waals surface area contributed by atoms with E-state index in [2.05, 4.69) is 15.6 Å². The van der Waals surface area contributed by atoms with Gasteiger partial charge in [-0.1, -0.05) is 12.1 Å². The van der Waals surface area contributed by atoms with Crippen molar-refractivity contribution in [1.82, 2.24) is 10.3 Å². The zero-order valence-electron chi connectivity index (χ0n) is 14.1. The van der Waals surface area contributed by atoms with Crippen molar-refractivity contribution in [1.29, 1.82) is 0 Å². The van der Waals surface area contributed by atoms with Gasteiger partial charge in [0.05, 0.1) is 16.6 Å². The summed E-state index contributed by atoms with van der Waals surface area (Å²) in [5.41, 5.74) is 0.833. The van der Waals surface area contributed by atoms with Crippen molar-refractivity contribution in [3.8, 4) is 5.88 Å². The number of benzene rings is 1. The molecule has 0 radical (unpaired) electrons. The minimum absolute atomic E-state index is 0.00114. The third-order valence-electron chi connectivity index (χ3n) is 3.18. The second kappa shape index (κ2) is 8.62. The molecular formula is C17H20N4O4. The van der Waals surface area contributed by atoms with Crippen molar-refractivity contribution in [3.05, 3.63) is 58.3 Å². The lowest BCUT2D eigenvalue weighted by Crippen LogP contribution is -2.29. The lowest BCUT2D eigenvalue weighted by molar-refractivity contribution is -0.384. The number of hydrogen-bond acceptors (Lipinski definition) is 6. The molecule has 8 nitrogen and oxygen atoms in total. The normalized spacial score (nSPS) is 10.4. The first-order valence-corrected chi connectivity index (χ1v) is 7.85. The fourth-order valence-corrected chi connectivity index (χ4v) is 2.08. The van der Waals surface area contributed by atoms with Crippen molar-refractivity contribution < 1.29 is 14.5 Å². The van der Waals surface area contributed by atoms with E-state index < -0.39 is 4.92 Å². The Balaban J connectivity index is 1.82. The summed E-state index contributed by atoms with van der Waals surface area (Å²) < 4.78 is 5.42. The van der Waals surface area contributed by atoms with Gasteiger partial charge in [0.15, 0.2) is 0 Å². The number of nitro groups is 1. The van der Waals surface area contributed by atoms with Gasteiger partial charge in [0.2, 0.25) is 5.88 Å². The Hall–Kier alpha value is -3.16. The van der Waals surface area contributed by atoms with Gasteiger partial charge in [0.25, 0.3) is 11.6 Å². The Morgan fingerprint density at radius 3 is 2.64 bits per heavy atom. The van der Waals surface area contributed by atoms with E-state index in [0.29, 0.717) is 30.2 Å². The van der Waals surface area contributed by atoms with Crippen molar-refractivity contribution in [2.24, 2.45) is 0 Å². The Bertz CT molecular complexity index is 732. The second-order valence-corrected chi connectivity index (χ2v) is 5.51. The van der Waals surface area contributed by atoms with Gasteiger partial charge in [-0.15, -0.1) is 0 Å². The molecule has 0 fully saturated rings. The highest BCUT2D eigenvalue weighted by Crippen LogP contribution is 2.22. The summed E-state index contributed by atoms with van der Waals surface area (Å²) in [6.45, 7) is 4.46. The Labute approximate surface area is 145 Å². The predicted octanol–water partition coefficient (Wildman–Crippen LogP) is 2.62. The molecule has 0 aliphatic heterocycles. The van der Waals surface area contributed by atoms with Gasteiger partial charge in [-0.3, -0.25) is 14.9 Å². The van der Waals surface area contributed by atoms with E-state index in [0.717, 1.165) is 0 Å². The fraction of sp³-hybridized carbons (Fsp3) is 0.294. The first kappa shape index (κ1) is 18.2. The molecule has 2 aromatic rings. The van der Waals surface area contributed by atoms with E-state index >= 15 is 0 Å². The summed E-state index contributed by atoms with van der Waals surface area (Å²) in [6, 6.07) is 9.63. The zero-order valence-corrected chi connectivity index (χ0v) is 14.1. The number of para-hydroxylation sites is 2. The van der Waals surface area contributed by atoms with Crippen LogP contribution in [0.25, 0.3) is 0 Å². The zero-order chi connectivity index (χ0) is 18.2. The number of carbonyl (C=O) groups excluding carboxylic acids is 1. The molecule has 8 heteroatoms. The standard InChI is InChI=1S/C17H20N4O4/c1-12(2)25-16-8-7-13(11-20-16)17(22)19-10-9-18-14-5-3-4-6-15(14)21(23)24/h3-8,11-12,18H,9-10H2,1-2H3,(H,19,22). The number of nitro benzene ring substituents is 1. The number of ether oxygens (including phenoxy) is 1. The van der Waals surface area contributed by atoms with Gasteiger partial charge in [-0.2, -0.15) is 0 Å². The van der Waals surface area contributed by atoms with E-state index in [1.165, 1.54) is 12.3 Å². The topological polar surface area (TPSA) is 106 Å². The highest BCUT2D eigenvalue weighted by molar-refractivity contribution is 5.93. The summed E-state index contributed by atoms with van der Waals surface area (Å²) in [6.07, 6.45) is 1.46. The van der Waals surface area contributed by atoms with Crippen molar-refractivity contribution in [2.45, 2.75) is 20.0 Å². The van der Waals surface area contributed by atoms with Gasteiger partial charge in [-0.05, 0) is 26.0 Å². The molecule has 0 bridgehead atoms. The minimum atomic E-state index is -0.451. The van der Waals surface area contributed by atoms with Crippen molar-refractivity contribution in [2.75, 3.05) is 18.4 Å². The largest absolute Gasteiger partial charge is 0.475 e. The number of rotatable bonds is 8. The number of pyridine rings is 1. The van der Waals surface area contributed by atoms with Gasteiger partial charge in [0.1, 0.15) is 5.69 Å². The van der Waals surface area contributed by atoms with Crippen LogP contribution < -0.4 is 15.4 Å². The Kier molecular flexibility index (Phi) is 6.27. The van der Waals surface area contributed by atoms with Crippen LogP contribution in [0.4, 0.5) is 11.4 Å². The summed E-state index contributed by atoms with van der Waals surface area (Å²) in [5.74, 6) is 0.192. The van der Waals surface area contributed by atoms with Gasteiger partial charge in [0, 0.05) is 31.4 Å². The summed E-state index contributed by atoms with van der Waals surface area (Å²) in [7, 11) is 0. The van der Waals surface area contributed by atoms with Crippen LogP contribution in [0.15, 0.2) is 42.6 Å². The molecule has 0 aliphatic carbocycles. The maximum atomic E-state index is 12.0. The monoisotopic (exact) mass is 344 g/mol. The molecule has 2 N–H and O–H groups in total. The number of nitrogens with zero attached hydrogens (tertiary/aromatic N) is 2. The lowest BCUT2D eigenvalue weighted by Gasteiger charge is -2.10. The number of nitrogens with one attached hydrogen (secondary N) is 2. The predicted molar refractivity (Wildman–Crippen MR) is 93.9 cm³/mol. The van der Waals surface area contributed by atoms with Gasteiger partial charge in [-0.25, -0.2) is 4.98 Å². The molecular weight excluding hydrogens is 324 g/mol. The van der Waals surface area contributed by atoms with Gasteiger partial charge < -0.3 is 15.4 Å². The number of anilines is 1. The van der Waals surface area contributed by atoms with Crippen molar-refractivity contribution in [3.63, 3.8) is 0 Å². The average Bonchev–Trinajstić information content (AvgIpc) is 2.59. The van der Waals surface area contributed by atoms with Crippen LogP contribution in [0.5, 0.6) is 5.88 Å². The SMILES string of the molecule is CC(C)Oc1ccc(C(=O)NCCNc2ccccc2[N+](=O)[O-])cn1. The molecule has 0 aliphatic rings. The molecule has 1 aromatic heterocycles. The molecule has 0 unspecified atom stereocenters. The molecule has 1 aromatic carbocycles. The smallest absolute Gasteiger partial charge is 0.292 e. The molecule has 1 heterocycles.